The standard InChI is InChI=1S/C20H21ClO4.C18H14Cl2O7/c1-13(2)24-19(23)20(3,4)25-17-11-7-15(8-12-17)18(22)14-5-9-16(21)10-6-14;1-5-9-16(11(20)13(22)10(5)19)26-14-6(2)8(17(23)25-4)12(21)7(3)15(14)27-18(9)24/h5-13H,1-4H3;21-22H,1-4H3. The van der Waals surface area contributed by atoms with Gasteiger partial charge in [-0.1, -0.05) is 34.8 Å². The number of phenolic OH excluding ortho intramolecular Hbond substituents is 2. The zero-order valence-electron chi connectivity index (χ0n) is 29.4. The summed E-state index contributed by atoms with van der Waals surface area (Å²) in [5.74, 6) is -2.80. The number of aromatic hydroxyl groups is 2. The molecular weight excluding hydrogens is 739 g/mol. The van der Waals surface area contributed by atoms with Gasteiger partial charge in [-0.15, -0.1) is 0 Å². The average Bonchev–Trinajstić information content (AvgIpc) is 3.25. The highest BCUT2D eigenvalue weighted by molar-refractivity contribution is 6.39. The van der Waals surface area contributed by atoms with Gasteiger partial charge in [-0.05, 0) is 103 Å². The molecule has 0 saturated heterocycles. The molecule has 0 aliphatic carbocycles. The van der Waals surface area contributed by atoms with E-state index in [1.54, 1.807) is 76.2 Å². The van der Waals surface area contributed by atoms with E-state index < -0.39 is 35.0 Å². The molecule has 5 rings (SSSR count). The molecule has 4 aromatic carbocycles. The Morgan fingerprint density at radius 1 is 0.750 bits per heavy atom. The van der Waals surface area contributed by atoms with Gasteiger partial charge in [-0.3, -0.25) is 4.79 Å². The maximum Gasteiger partial charge on any atom is 0.350 e. The quantitative estimate of drug-likeness (QED) is 0.105. The van der Waals surface area contributed by atoms with Crippen molar-refractivity contribution in [1.29, 1.82) is 0 Å². The molecule has 0 atom stereocenters. The third-order valence-corrected chi connectivity index (χ3v) is 8.89. The fraction of sp³-hybridized carbons (Fsp3) is 0.263. The molecule has 0 spiro atoms. The second-order valence-corrected chi connectivity index (χ2v) is 13.5. The number of phenols is 2. The van der Waals surface area contributed by atoms with Crippen molar-refractivity contribution in [3.05, 3.63) is 103 Å². The van der Waals surface area contributed by atoms with Gasteiger partial charge in [0.05, 0.1) is 18.2 Å². The third-order valence-electron chi connectivity index (χ3n) is 7.82. The van der Waals surface area contributed by atoms with Crippen LogP contribution in [-0.2, 0) is 14.3 Å². The van der Waals surface area contributed by atoms with E-state index in [0.29, 0.717) is 21.9 Å². The summed E-state index contributed by atoms with van der Waals surface area (Å²) in [6.45, 7) is 11.3. The highest BCUT2D eigenvalue weighted by atomic mass is 35.5. The lowest BCUT2D eigenvalue weighted by Crippen LogP contribution is -2.40. The summed E-state index contributed by atoms with van der Waals surface area (Å²) in [6.07, 6.45) is -0.213. The molecule has 0 bridgehead atoms. The number of ketones is 1. The number of carbonyl (C=O) groups is 4. The number of halogens is 3. The van der Waals surface area contributed by atoms with Crippen LogP contribution >= 0.6 is 34.8 Å². The SMILES string of the molecule is CC(C)OC(=O)C(C)(C)Oc1ccc(C(=O)c2ccc(Cl)cc2)cc1.COC(=O)c1c(C)c2c(c(C)c1O)OC(=O)c1c(C)c(Cl)c(O)c(Cl)c1O2. The minimum Gasteiger partial charge on any atom is -0.507 e. The number of esters is 3. The predicted octanol–water partition coefficient (Wildman–Crippen LogP) is 9.12. The lowest BCUT2D eigenvalue weighted by molar-refractivity contribution is -0.163. The van der Waals surface area contributed by atoms with Gasteiger partial charge in [0, 0.05) is 27.3 Å². The summed E-state index contributed by atoms with van der Waals surface area (Å²) in [5.41, 5.74) is 0.225. The molecule has 274 valence electrons. The Kier molecular flexibility index (Phi) is 12.0. The van der Waals surface area contributed by atoms with Crippen molar-refractivity contribution in [3.8, 4) is 34.5 Å². The van der Waals surface area contributed by atoms with Crippen LogP contribution in [0.5, 0.6) is 34.5 Å². The summed E-state index contributed by atoms with van der Waals surface area (Å²) >= 11 is 18.0. The number of ether oxygens (including phenoxy) is 5. The van der Waals surface area contributed by atoms with Gasteiger partial charge in [0.1, 0.15) is 27.6 Å². The van der Waals surface area contributed by atoms with Gasteiger partial charge in [0.25, 0.3) is 0 Å². The normalized spacial score (nSPS) is 11.9. The van der Waals surface area contributed by atoms with Crippen LogP contribution in [0.3, 0.4) is 0 Å². The number of methoxy groups -OCH3 is 1. The zero-order chi connectivity index (χ0) is 38.8. The predicted molar refractivity (Wildman–Crippen MR) is 194 cm³/mol. The highest BCUT2D eigenvalue weighted by Gasteiger charge is 2.36. The average molecular weight is 774 g/mol. The van der Waals surface area contributed by atoms with E-state index in [1.165, 1.54) is 27.9 Å². The second kappa shape index (κ2) is 15.7. The first-order valence-electron chi connectivity index (χ1n) is 15.7. The molecule has 0 aromatic heterocycles. The molecule has 0 amide bonds. The molecule has 0 unspecified atom stereocenters. The summed E-state index contributed by atoms with van der Waals surface area (Å²) in [6, 6.07) is 13.4. The number of benzene rings is 4. The fourth-order valence-electron chi connectivity index (χ4n) is 5.02. The Morgan fingerprint density at radius 2 is 1.29 bits per heavy atom. The highest BCUT2D eigenvalue weighted by Crippen LogP contribution is 2.52. The van der Waals surface area contributed by atoms with Crippen molar-refractivity contribution in [2.24, 2.45) is 0 Å². The molecule has 1 aliphatic heterocycles. The van der Waals surface area contributed by atoms with E-state index in [9.17, 15) is 29.4 Å². The number of fused-ring (bicyclic) bond motifs is 2. The Hall–Kier alpha value is -4.97. The second-order valence-electron chi connectivity index (χ2n) is 12.3. The van der Waals surface area contributed by atoms with Crippen molar-refractivity contribution in [2.75, 3.05) is 7.11 Å². The molecule has 1 heterocycles. The van der Waals surface area contributed by atoms with Crippen LogP contribution in [0.4, 0.5) is 0 Å². The first-order chi connectivity index (χ1) is 24.3. The van der Waals surface area contributed by atoms with Crippen LogP contribution in [0.25, 0.3) is 0 Å². The maximum absolute atomic E-state index is 12.7. The van der Waals surface area contributed by atoms with Crippen molar-refractivity contribution in [2.45, 2.75) is 60.2 Å². The summed E-state index contributed by atoms with van der Waals surface area (Å²) in [7, 11) is 1.17. The largest absolute Gasteiger partial charge is 0.507 e. The molecule has 2 N–H and O–H groups in total. The Morgan fingerprint density at radius 3 is 1.83 bits per heavy atom. The Balaban J connectivity index is 0.000000234. The number of rotatable bonds is 7. The fourth-order valence-corrected chi connectivity index (χ4v) is 5.61. The van der Waals surface area contributed by atoms with Crippen molar-refractivity contribution >= 4 is 58.5 Å². The summed E-state index contributed by atoms with van der Waals surface area (Å²) < 4.78 is 26.8. The van der Waals surface area contributed by atoms with Crippen molar-refractivity contribution in [1.82, 2.24) is 0 Å². The smallest absolute Gasteiger partial charge is 0.350 e. The number of carbonyl (C=O) groups excluding carboxylic acids is 4. The van der Waals surface area contributed by atoms with Gasteiger partial charge in [-0.2, -0.15) is 0 Å². The molecule has 52 heavy (non-hydrogen) atoms. The van der Waals surface area contributed by atoms with Crippen LogP contribution in [-0.4, -0.2) is 52.7 Å². The zero-order valence-corrected chi connectivity index (χ0v) is 31.7. The van der Waals surface area contributed by atoms with E-state index in [1.807, 2.05) is 0 Å². The molecule has 0 radical (unpaired) electrons. The molecule has 1 aliphatic rings. The maximum atomic E-state index is 12.7. The van der Waals surface area contributed by atoms with Crippen molar-refractivity contribution < 1.29 is 53.1 Å². The minimum atomic E-state index is -1.12. The number of hydrogen-bond donors (Lipinski definition) is 2. The first kappa shape index (κ1) is 39.8. The molecule has 0 fully saturated rings. The third kappa shape index (κ3) is 8.07. The molecule has 0 saturated carbocycles. The molecule has 11 nitrogen and oxygen atoms in total. The minimum absolute atomic E-state index is 0.0131. The molecule has 4 aromatic rings. The Labute approximate surface area is 314 Å². The summed E-state index contributed by atoms with van der Waals surface area (Å²) in [4.78, 5) is 49.2. The lowest BCUT2D eigenvalue weighted by atomic mass is 10.0. The van der Waals surface area contributed by atoms with Crippen LogP contribution in [0.2, 0.25) is 15.1 Å². The lowest BCUT2D eigenvalue weighted by Gasteiger charge is -2.25. The summed E-state index contributed by atoms with van der Waals surface area (Å²) in [5, 5.41) is 20.7. The van der Waals surface area contributed by atoms with Gasteiger partial charge < -0.3 is 33.9 Å². The van der Waals surface area contributed by atoms with E-state index in [-0.39, 0.29) is 67.0 Å². The number of hydrogen-bond acceptors (Lipinski definition) is 11. The van der Waals surface area contributed by atoms with E-state index in [2.05, 4.69) is 0 Å². The van der Waals surface area contributed by atoms with E-state index in [0.717, 1.165) is 0 Å². The monoisotopic (exact) mass is 772 g/mol. The Bertz CT molecular complexity index is 2070. The van der Waals surface area contributed by atoms with E-state index >= 15 is 0 Å². The van der Waals surface area contributed by atoms with Gasteiger partial charge >= 0.3 is 17.9 Å². The van der Waals surface area contributed by atoms with Crippen LogP contribution in [0.1, 0.15) is 81.0 Å². The molecule has 14 heteroatoms. The van der Waals surface area contributed by atoms with Crippen LogP contribution in [0.15, 0.2) is 48.5 Å². The van der Waals surface area contributed by atoms with Crippen LogP contribution in [0, 0.1) is 20.8 Å². The topological polar surface area (TPSA) is 155 Å². The van der Waals surface area contributed by atoms with Crippen molar-refractivity contribution in [3.63, 3.8) is 0 Å². The van der Waals surface area contributed by atoms with Gasteiger partial charge in [-0.25, -0.2) is 14.4 Å². The van der Waals surface area contributed by atoms with Gasteiger partial charge in [0.15, 0.2) is 34.4 Å². The van der Waals surface area contributed by atoms with Gasteiger partial charge in [0.2, 0.25) is 0 Å². The van der Waals surface area contributed by atoms with Crippen LogP contribution < -0.4 is 14.2 Å². The first-order valence-corrected chi connectivity index (χ1v) is 16.8. The molecular formula is C38H35Cl3O11. The van der Waals surface area contributed by atoms with E-state index in [4.69, 9.17) is 58.5 Å².